The highest BCUT2D eigenvalue weighted by atomic mass is 32.1. The quantitative estimate of drug-likeness (QED) is 0.755. The van der Waals surface area contributed by atoms with Crippen LogP contribution in [0.2, 0.25) is 0 Å². The minimum absolute atomic E-state index is 0.132. The minimum Gasteiger partial charge on any atom is -0.326 e. The summed E-state index contributed by atoms with van der Waals surface area (Å²) < 4.78 is 0. The van der Waals surface area contributed by atoms with Gasteiger partial charge in [-0.1, -0.05) is 12.1 Å². The van der Waals surface area contributed by atoms with E-state index in [0.29, 0.717) is 16.9 Å². The van der Waals surface area contributed by atoms with Crippen molar-refractivity contribution in [1.82, 2.24) is 4.98 Å². The molecule has 2 amide bonds. The van der Waals surface area contributed by atoms with Crippen LogP contribution in [0.25, 0.3) is 10.6 Å². The molecule has 0 bridgehead atoms. The van der Waals surface area contributed by atoms with E-state index >= 15 is 0 Å². The number of aromatic nitrogens is 1. The summed E-state index contributed by atoms with van der Waals surface area (Å²) in [4.78, 5) is 27.5. The maximum absolute atomic E-state index is 12.3. The van der Waals surface area contributed by atoms with Gasteiger partial charge in [0.2, 0.25) is 5.91 Å². The van der Waals surface area contributed by atoms with Crippen molar-refractivity contribution in [2.24, 2.45) is 0 Å². The van der Waals surface area contributed by atoms with Gasteiger partial charge < -0.3 is 10.6 Å². The van der Waals surface area contributed by atoms with Crippen LogP contribution in [-0.2, 0) is 4.79 Å². The van der Waals surface area contributed by atoms with Crippen molar-refractivity contribution in [3.63, 3.8) is 0 Å². The Morgan fingerprint density at radius 3 is 2.08 bits per heavy atom. The highest BCUT2D eigenvalue weighted by Crippen LogP contribution is 2.22. The number of rotatable bonds is 4. The summed E-state index contributed by atoms with van der Waals surface area (Å²) in [5, 5.41) is 8.35. The van der Waals surface area contributed by atoms with Gasteiger partial charge in [0.15, 0.2) is 0 Å². The number of carbonyl (C=O) groups is 2. The number of amides is 2. The van der Waals surface area contributed by atoms with Crippen molar-refractivity contribution < 1.29 is 9.59 Å². The van der Waals surface area contributed by atoms with Gasteiger partial charge in [0.1, 0.15) is 5.01 Å². The Balaban J connectivity index is 1.67. The lowest BCUT2D eigenvalue weighted by Gasteiger charge is -2.07. The average molecular weight is 337 g/mol. The molecule has 0 radical (unpaired) electrons. The van der Waals surface area contributed by atoms with Gasteiger partial charge in [-0.15, -0.1) is 11.3 Å². The first-order valence-electron chi connectivity index (χ1n) is 7.31. The number of hydrogen-bond acceptors (Lipinski definition) is 4. The Morgan fingerprint density at radius 1 is 0.917 bits per heavy atom. The van der Waals surface area contributed by atoms with E-state index in [0.717, 1.165) is 10.6 Å². The Bertz CT molecular complexity index is 841. The molecule has 1 heterocycles. The van der Waals surface area contributed by atoms with Crippen LogP contribution >= 0.6 is 11.3 Å². The molecule has 2 N–H and O–H groups in total. The molecule has 0 aliphatic rings. The van der Waals surface area contributed by atoms with E-state index in [1.54, 1.807) is 53.9 Å². The first kappa shape index (κ1) is 15.9. The largest absolute Gasteiger partial charge is 0.326 e. The molecule has 24 heavy (non-hydrogen) atoms. The maximum Gasteiger partial charge on any atom is 0.255 e. The molecule has 0 unspecified atom stereocenters. The summed E-state index contributed by atoms with van der Waals surface area (Å²) in [6, 6.07) is 14.3. The summed E-state index contributed by atoms with van der Waals surface area (Å²) in [6.07, 6.45) is 1.76. The normalized spacial score (nSPS) is 10.2. The molecule has 0 aliphatic heterocycles. The molecule has 0 fully saturated rings. The van der Waals surface area contributed by atoms with Crippen molar-refractivity contribution in [3.05, 3.63) is 65.7 Å². The third kappa shape index (κ3) is 3.85. The SMILES string of the molecule is CC(=O)Nc1ccc(NC(=O)c2ccc(-c3nccs3)cc2)cc1. The molecule has 0 atom stereocenters. The molecule has 3 aromatic rings. The topological polar surface area (TPSA) is 71.1 Å². The van der Waals surface area contributed by atoms with Crippen molar-refractivity contribution in [2.45, 2.75) is 6.92 Å². The molecule has 3 rings (SSSR count). The van der Waals surface area contributed by atoms with Gasteiger partial charge >= 0.3 is 0 Å². The van der Waals surface area contributed by atoms with Gasteiger partial charge in [0, 0.05) is 41.0 Å². The predicted octanol–water partition coefficient (Wildman–Crippen LogP) is 4.02. The van der Waals surface area contributed by atoms with E-state index in [4.69, 9.17) is 0 Å². The van der Waals surface area contributed by atoms with Crippen LogP contribution in [0, 0.1) is 0 Å². The van der Waals surface area contributed by atoms with Crippen LogP contribution in [0.3, 0.4) is 0 Å². The number of anilines is 2. The molecular formula is C18H15N3O2S. The van der Waals surface area contributed by atoms with Crippen molar-refractivity contribution in [2.75, 3.05) is 10.6 Å². The smallest absolute Gasteiger partial charge is 0.255 e. The number of thiazole rings is 1. The van der Waals surface area contributed by atoms with E-state index in [2.05, 4.69) is 15.6 Å². The Hall–Kier alpha value is -2.99. The second-order valence-corrected chi connectivity index (χ2v) is 6.02. The summed E-state index contributed by atoms with van der Waals surface area (Å²) in [6.45, 7) is 1.45. The zero-order chi connectivity index (χ0) is 16.9. The van der Waals surface area contributed by atoms with E-state index in [9.17, 15) is 9.59 Å². The summed E-state index contributed by atoms with van der Waals surface area (Å²) in [5.74, 6) is -0.319. The predicted molar refractivity (Wildman–Crippen MR) is 96.2 cm³/mol. The fraction of sp³-hybridized carbons (Fsp3) is 0.0556. The first-order chi connectivity index (χ1) is 11.6. The molecule has 0 aliphatic carbocycles. The average Bonchev–Trinajstić information content (AvgIpc) is 3.11. The third-order valence-corrected chi connectivity index (χ3v) is 4.11. The molecule has 2 aromatic carbocycles. The lowest BCUT2D eigenvalue weighted by Crippen LogP contribution is -2.12. The molecular weight excluding hydrogens is 322 g/mol. The van der Waals surface area contributed by atoms with Gasteiger partial charge in [-0.25, -0.2) is 4.98 Å². The first-order valence-corrected chi connectivity index (χ1v) is 8.19. The standard InChI is InChI=1S/C18H15N3O2S/c1-12(22)20-15-6-8-16(9-7-15)21-17(23)13-2-4-14(5-3-13)18-19-10-11-24-18/h2-11H,1H3,(H,20,22)(H,21,23). The van der Waals surface area contributed by atoms with Gasteiger partial charge in [-0.2, -0.15) is 0 Å². The van der Waals surface area contributed by atoms with Crippen molar-refractivity contribution in [1.29, 1.82) is 0 Å². The zero-order valence-electron chi connectivity index (χ0n) is 12.9. The molecule has 0 spiro atoms. The zero-order valence-corrected chi connectivity index (χ0v) is 13.8. The van der Waals surface area contributed by atoms with Crippen LogP contribution in [0.4, 0.5) is 11.4 Å². The van der Waals surface area contributed by atoms with Crippen molar-refractivity contribution >= 4 is 34.5 Å². The molecule has 0 saturated heterocycles. The van der Waals surface area contributed by atoms with Gasteiger partial charge in [-0.3, -0.25) is 9.59 Å². The number of carbonyl (C=O) groups excluding carboxylic acids is 2. The molecule has 120 valence electrons. The van der Waals surface area contributed by atoms with Crippen LogP contribution in [0.5, 0.6) is 0 Å². The van der Waals surface area contributed by atoms with Crippen LogP contribution in [0.15, 0.2) is 60.1 Å². The second-order valence-electron chi connectivity index (χ2n) is 5.13. The van der Waals surface area contributed by atoms with Crippen LogP contribution in [0.1, 0.15) is 17.3 Å². The van der Waals surface area contributed by atoms with Crippen LogP contribution in [-0.4, -0.2) is 16.8 Å². The van der Waals surface area contributed by atoms with Gasteiger partial charge in [-0.05, 0) is 36.4 Å². The Labute approximate surface area is 143 Å². The third-order valence-electron chi connectivity index (χ3n) is 3.29. The van der Waals surface area contributed by atoms with Gasteiger partial charge in [0.25, 0.3) is 5.91 Å². The van der Waals surface area contributed by atoms with E-state index in [1.807, 2.05) is 17.5 Å². The lowest BCUT2D eigenvalue weighted by molar-refractivity contribution is -0.114. The lowest BCUT2D eigenvalue weighted by atomic mass is 10.1. The summed E-state index contributed by atoms with van der Waals surface area (Å²) >= 11 is 1.56. The molecule has 6 heteroatoms. The number of nitrogens with one attached hydrogen (secondary N) is 2. The Kier molecular flexibility index (Phi) is 4.67. The molecule has 0 saturated carbocycles. The summed E-state index contributed by atoms with van der Waals surface area (Å²) in [7, 11) is 0. The highest BCUT2D eigenvalue weighted by Gasteiger charge is 2.07. The molecule has 5 nitrogen and oxygen atoms in total. The monoisotopic (exact) mass is 337 g/mol. The van der Waals surface area contributed by atoms with E-state index < -0.39 is 0 Å². The minimum atomic E-state index is -0.187. The fourth-order valence-corrected chi connectivity index (χ4v) is 2.82. The highest BCUT2D eigenvalue weighted by molar-refractivity contribution is 7.13. The van der Waals surface area contributed by atoms with E-state index in [1.165, 1.54) is 6.92 Å². The van der Waals surface area contributed by atoms with Crippen molar-refractivity contribution in [3.8, 4) is 10.6 Å². The summed E-state index contributed by atoms with van der Waals surface area (Å²) in [5.41, 5.74) is 2.91. The molecule has 1 aromatic heterocycles. The van der Waals surface area contributed by atoms with Gasteiger partial charge in [0.05, 0.1) is 0 Å². The fourth-order valence-electron chi connectivity index (χ4n) is 2.17. The van der Waals surface area contributed by atoms with Crippen LogP contribution < -0.4 is 10.6 Å². The Morgan fingerprint density at radius 2 is 1.54 bits per heavy atom. The number of benzene rings is 2. The second kappa shape index (κ2) is 7.06. The maximum atomic E-state index is 12.3. The number of hydrogen-bond donors (Lipinski definition) is 2. The number of nitrogens with zero attached hydrogens (tertiary/aromatic N) is 1. The van der Waals surface area contributed by atoms with E-state index in [-0.39, 0.29) is 11.8 Å².